The van der Waals surface area contributed by atoms with Crippen LogP contribution in [0.2, 0.25) is 5.02 Å². The van der Waals surface area contributed by atoms with Gasteiger partial charge in [-0.3, -0.25) is 0 Å². The lowest BCUT2D eigenvalue weighted by atomic mass is 10.1. The lowest BCUT2D eigenvalue weighted by molar-refractivity contribution is 0.412. The average Bonchev–Trinajstić information content (AvgIpc) is 2.71. The predicted molar refractivity (Wildman–Crippen MR) is 90.5 cm³/mol. The highest BCUT2D eigenvalue weighted by Gasteiger charge is 2.21. The second kappa shape index (κ2) is 6.61. The number of fused-ring (bicyclic) bond motifs is 1. The number of halogens is 1. The zero-order valence-electron chi connectivity index (χ0n) is 13.2. The van der Waals surface area contributed by atoms with E-state index in [1.54, 1.807) is 7.11 Å². The van der Waals surface area contributed by atoms with Gasteiger partial charge in [0.1, 0.15) is 17.3 Å². The van der Waals surface area contributed by atoms with Crippen LogP contribution in [0, 0.1) is 0 Å². The van der Waals surface area contributed by atoms with Gasteiger partial charge >= 0.3 is 0 Å². The van der Waals surface area contributed by atoms with E-state index >= 15 is 0 Å². The average molecular weight is 320 g/mol. The monoisotopic (exact) mass is 319 g/mol. The summed E-state index contributed by atoms with van der Waals surface area (Å²) in [6.07, 6.45) is 5.57. The summed E-state index contributed by atoms with van der Waals surface area (Å²) in [5.41, 5.74) is 3.43. The zero-order valence-corrected chi connectivity index (χ0v) is 13.9. The maximum atomic E-state index is 6.19. The standard InChI is InChI=1S/C17H22ClN3O/c1-3-6-14-13-7-4-5-10-19-17(13)21(20-14)15-11-12(18)8-9-16(15)22-2/h8-9,11,19H,3-7,10H2,1-2H3. The summed E-state index contributed by atoms with van der Waals surface area (Å²) in [5, 5.41) is 9.09. The molecular weight excluding hydrogens is 298 g/mol. The van der Waals surface area contributed by atoms with E-state index in [1.807, 2.05) is 22.9 Å². The van der Waals surface area contributed by atoms with Gasteiger partial charge in [-0.25, -0.2) is 4.68 Å². The highest BCUT2D eigenvalue weighted by molar-refractivity contribution is 6.30. The number of nitrogens with zero attached hydrogens (tertiary/aromatic N) is 2. The van der Waals surface area contributed by atoms with Crippen LogP contribution in [0.15, 0.2) is 18.2 Å². The van der Waals surface area contributed by atoms with E-state index in [0.29, 0.717) is 5.02 Å². The number of aromatic nitrogens is 2. The van der Waals surface area contributed by atoms with Crippen LogP contribution in [0.1, 0.15) is 37.4 Å². The minimum Gasteiger partial charge on any atom is -0.494 e. The van der Waals surface area contributed by atoms with Crippen molar-refractivity contribution in [2.75, 3.05) is 19.0 Å². The van der Waals surface area contributed by atoms with Crippen LogP contribution in [0.25, 0.3) is 5.69 Å². The molecule has 1 N–H and O–H groups in total. The molecule has 0 aliphatic carbocycles. The van der Waals surface area contributed by atoms with Crippen molar-refractivity contribution in [2.45, 2.75) is 39.0 Å². The molecule has 3 rings (SSSR count). The highest BCUT2D eigenvalue weighted by atomic mass is 35.5. The maximum Gasteiger partial charge on any atom is 0.144 e. The van der Waals surface area contributed by atoms with Gasteiger partial charge in [-0.2, -0.15) is 5.10 Å². The topological polar surface area (TPSA) is 39.1 Å². The first kappa shape index (κ1) is 15.2. The summed E-state index contributed by atoms with van der Waals surface area (Å²) in [6.45, 7) is 3.17. The summed E-state index contributed by atoms with van der Waals surface area (Å²) >= 11 is 6.19. The molecule has 1 aromatic carbocycles. The fraction of sp³-hybridized carbons (Fsp3) is 0.471. The number of benzene rings is 1. The molecule has 1 aliphatic rings. The lowest BCUT2D eigenvalue weighted by Crippen LogP contribution is -2.08. The Labute approximate surface area is 136 Å². The van der Waals surface area contributed by atoms with Gasteiger partial charge in [0, 0.05) is 17.1 Å². The van der Waals surface area contributed by atoms with Crippen LogP contribution in [0.4, 0.5) is 5.82 Å². The van der Waals surface area contributed by atoms with Crippen molar-refractivity contribution in [3.05, 3.63) is 34.5 Å². The highest BCUT2D eigenvalue weighted by Crippen LogP contribution is 2.33. The Morgan fingerprint density at radius 1 is 1.36 bits per heavy atom. The van der Waals surface area contributed by atoms with Crippen LogP contribution >= 0.6 is 11.6 Å². The van der Waals surface area contributed by atoms with Crippen LogP contribution in [0.3, 0.4) is 0 Å². The van der Waals surface area contributed by atoms with Gasteiger partial charge in [0.05, 0.1) is 12.8 Å². The number of hydrogen-bond acceptors (Lipinski definition) is 3. The normalized spacial score (nSPS) is 14.1. The van der Waals surface area contributed by atoms with Gasteiger partial charge in [0.25, 0.3) is 0 Å². The minimum atomic E-state index is 0.686. The molecule has 0 radical (unpaired) electrons. The van der Waals surface area contributed by atoms with Crippen LogP contribution in [-0.4, -0.2) is 23.4 Å². The molecule has 0 atom stereocenters. The Morgan fingerprint density at radius 2 is 2.23 bits per heavy atom. The predicted octanol–water partition coefficient (Wildman–Crippen LogP) is 4.24. The minimum absolute atomic E-state index is 0.686. The Bertz CT molecular complexity index is 666. The van der Waals surface area contributed by atoms with Crippen molar-refractivity contribution in [1.29, 1.82) is 0 Å². The number of methoxy groups -OCH3 is 1. The van der Waals surface area contributed by atoms with Crippen molar-refractivity contribution in [1.82, 2.24) is 9.78 Å². The van der Waals surface area contributed by atoms with Crippen molar-refractivity contribution >= 4 is 17.4 Å². The van der Waals surface area contributed by atoms with Crippen LogP contribution in [0.5, 0.6) is 5.75 Å². The quantitative estimate of drug-likeness (QED) is 0.916. The third-order valence-electron chi connectivity index (χ3n) is 4.07. The largest absolute Gasteiger partial charge is 0.494 e. The number of aryl methyl sites for hydroxylation is 1. The number of ether oxygens (including phenoxy) is 1. The molecule has 0 unspecified atom stereocenters. The van der Waals surface area contributed by atoms with Gasteiger partial charge in [-0.1, -0.05) is 24.9 Å². The van der Waals surface area contributed by atoms with Crippen molar-refractivity contribution in [3.63, 3.8) is 0 Å². The molecular formula is C17H22ClN3O. The molecule has 2 heterocycles. The molecule has 5 heteroatoms. The van der Waals surface area contributed by atoms with E-state index < -0.39 is 0 Å². The molecule has 0 bridgehead atoms. The Balaban J connectivity index is 2.16. The van der Waals surface area contributed by atoms with Crippen molar-refractivity contribution in [2.24, 2.45) is 0 Å². The number of nitrogens with one attached hydrogen (secondary N) is 1. The Hall–Kier alpha value is -1.68. The molecule has 118 valence electrons. The summed E-state index contributed by atoms with van der Waals surface area (Å²) in [4.78, 5) is 0. The molecule has 0 fully saturated rings. The van der Waals surface area contributed by atoms with Gasteiger partial charge in [0.15, 0.2) is 0 Å². The molecule has 0 saturated heterocycles. The Kier molecular flexibility index (Phi) is 4.57. The van der Waals surface area contributed by atoms with E-state index in [-0.39, 0.29) is 0 Å². The first-order valence-corrected chi connectivity index (χ1v) is 8.31. The van der Waals surface area contributed by atoms with E-state index in [1.165, 1.54) is 24.1 Å². The summed E-state index contributed by atoms with van der Waals surface area (Å²) < 4.78 is 7.47. The SMILES string of the molecule is CCCc1nn(-c2cc(Cl)ccc2OC)c2c1CCCCN2. The number of rotatable bonds is 4. The maximum absolute atomic E-state index is 6.19. The summed E-state index contributed by atoms with van der Waals surface area (Å²) in [7, 11) is 1.68. The molecule has 0 spiro atoms. The summed E-state index contributed by atoms with van der Waals surface area (Å²) in [5.74, 6) is 1.88. The van der Waals surface area contributed by atoms with Gasteiger partial charge < -0.3 is 10.1 Å². The first-order valence-electron chi connectivity index (χ1n) is 7.93. The van der Waals surface area contributed by atoms with Gasteiger partial charge in [-0.05, 0) is 43.9 Å². The van der Waals surface area contributed by atoms with E-state index in [9.17, 15) is 0 Å². The van der Waals surface area contributed by atoms with E-state index in [0.717, 1.165) is 43.1 Å². The Morgan fingerprint density at radius 3 is 3.00 bits per heavy atom. The first-order chi connectivity index (χ1) is 10.7. The molecule has 1 aliphatic heterocycles. The molecule has 4 nitrogen and oxygen atoms in total. The molecule has 2 aromatic rings. The molecule has 0 saturated carbocycles. The number of hydrogen-bond donors (Lipinski definition) is 1. The van der Waals surface area contributed by atoms with Gasteiger partial charge in [0.2, 0.25) is 0 Å². The van der Waals surface area contributed by atoms with Crippen molar-refractivity contribution in [3.8, 4) is 11.4 Å². The van der Waals surface area contributed by atoms with E-state index in [2.05, 4.69) is 12.2 Å². The third kappa shape index (κ3) is 2.80. The summed E-state index contributed by atoms with van der Waals surface area (Å²) in [6, 6.07) is 5.64. The van der Waals surface area contributed by atoms with Gasteiger partial charge in [-0.15, -0.1) is 0 Å². The van der Waals surface area contributed by atoms with E-state index in [4.69, 9.17) is 21.4 Å². The molecule has 0 amide bonds. The molecule has 22 heavy (non-hydrogen) atoms. The second-order valence-corrected chi connectivity index (χ2v) is 6.07. The fourth-order valence-corrected chi connectivity index (χ4v) is 3.18. The lowest BCUT2D eigenvalue weighted by Gasteiger charge is -2.13. The third-order valence-corrected chi connectivity index (χ3v) is 4.30. The second-order valence-electron chi connectivity index (χ2n) is 5.64. The zero-order chi connectivity index (χ0) is 15.5. The smallest absolute Gasteiger partial charge is 0.144 e. The van der Waals surface area contributed by atoms with Crippen LogP contribution in [-0.2, 0) is 12.8 Å². The molecule has 1 aromatic heterocycles. The fourth-order valence-electron chi connectivity index (χ4n) is 3.01. The number of anilines is 1. The van der Waals surface area contributed by atoms with Crippen molar-refractivity contribution < 1.29 is 4.74 Å². The van der Waals surface area contributed by atoms with Crippen LogP contribution < -0.4 is 10.1 Å².